The molecule has 3 rings (SSSR count). The van der Waals surface area contributed by atoms with Crippen molar-refractivity contribution >= 4 is 31.6 Å². The van der Waals surface area contributed by atoms with Crippen LogP contribution in [-0.4, -0.2) is 58.3 Å². The summed E-state index contributed by atoms with van der Waals surface area (Å²) in [5.41, 5.74) is 3.10. The molecule has 2 aromatic rings. The van der Waals surface area contributed by atoms with Crippen molar-refractivity contribution in [3.05, 3.63) is 64.7 Å². The molecule has 1 saturated heterocycles. The standard InChI is InChI=1S/C25H32N4O5S2/c1-18(2)36(33,34)27-12-15-35(31,32)28-24-16-23(7-4-19(24)3)25(30)29-13-10-22(11-14-29)21-8-5-20(17-26)6-9-21/h4-9,16,18,22,27-28H,10-15H2,1-3H3. The van der Waals surface area contributed by atoms with Crippen LogP contribution in [0.15, 0.2) is 42.5 Å². The Morgan fingerprint density at radius 2 is 1.72 bits per heavy atom. The molecule has 0 atom stereocenters. The molecule has 1 aliphatic rings. The number of piperidine rings is 1. The number of rotatable bonds is 9. The van der Waals surface area contributed by atoms with Gasteiger partial charge in [-0.2, -0.15) is 5.26 Å². The Morgan fingerprint density at radius 1 is 1.08 bits per heavy atom. The van der Waals surface area contributed by atoms with E-state index in [1.807, 2.05) is 12.1 Å². The quantitative estimate of drug-likeness (QED) is 0.510. The van der Waals surface area contributed by atoms with Crippen LogP contribution in [-0.2, 0) is 20.0 Å². The van der Waals surface area contributed by atoms with Crippen molar-refractivity contribution in [1.29, 1.82) is 5.26 Å². The first kappa shape index (κ1) is 27.6. The minimum atomic E-state index is -3.84. The highest BCUT2D eigenvalue weighted by Crippen LogP contribution is 2.29. The predicted octanol–water partition coefficient (Wildman–Crippen LogP) is 2.96. The number of nitrogens with zero attached hydrogens (tertiary/aromatic N) is 2. The Kier molecular flexibility index (Phi) is 8.76. The molecule has 0 aliphatic carbocycles. The molecule has 9 nitrogen and oxygen atoms in total. The number of benzene rings is 2. The zero-order valence-corrected chi connectivity index (χ0v) is 22.3. The lowest BCUT2D eigenvalue weighted by Crippen LogP contribution is -2.38. The van der Waals surface area contributed by atoms with E-state index in [0.717, 1.165) is 18.4 Å². The summed E-state index contributed by atoms with van der Waals surface area (Å²) in [6.45, 7) is 5.66. The molecule has 2 aromatic carbocycles. The summed E-state index contributed by atoms with van der Waals surface area (Å²) in [5, 5.41) is 8.31. The van der Waals surface area contributed by atoms with Crippen LogP contribution in [0, 0.1) is 18.3 Å². The van der Waals surface area contributed by atoms with E-state index in [9.17, 15) is 21.6 Å². The van der Waals surface area contributed by atoms with E-state index in [0.29, 0.717) is 41.4 Å². The number of nitriles is 1. The van der Waals surface area contributed by atoms with Crippen LogP contribution in [0.5, 0.6) is 0 Å². The van der Waals surface area contributed by atoms with Gasteiger partial charge in [-0.3, -0.25) is 9.52 Å². The van der Waals surface area contributed by atoms with Gasteiger partial charge in [-0.1, -0.05) is 18.2 Å². The number of amides is 1. The van der Waals surface area contributed by atoms with Gasteiger partial charge in [0.15, 0.2) is 0 Å². The van der Waals surface area contributed by atoms with Crippen molar-refractivity contribution in [3.8, 4) is 6.07 Å². The van der Waals surface area contributed by atoms with E-state index in [2.05, 4.69) is 15.5 Å². The Bertz CT molecular complexity index is 1340. The molecule has 1 heterocycles. The van der Waals surface area contributed by atoms with Gasteiger partial charge in [0, 0.05) is 25.2 Å². The number of anilines is 1. The maximum absolute atomic E-state index is 13.1. The monoisotopic (exact) mass is 532 g/mol. The highest BCUT2D eigenvalue weighted by Gasteiger charge is 2.25. The van der Waals surface area contributed by atoms with Crippen LogP contribution >= 0.6 is 0 Å². The normalized spacial score (nSPS) is 15.0. The van der Waals surface area contributed by atoms with Gasteiger partial charge in [0.2, 0.25) is 20.0 Å². The van der Waals surface area contributed by atoms with Crippen LogP contribution in [0.2, 0.25) is 0 Å². The average Bonchev–Trinajstić information content (AvgIpc) is 2.84. The fraction of sp³-hybridized carbons (Fsp3) is 0.440. The van der Waals surface area contributed by atoms with Gasteiger partial charge >= 0.3 is 0 Å². The number of nitrogens with one attached hydrogen (secondary N) is 2. The molecule has 11 heteroatoms. The fourth-order valence-corrected chi connectivity index (χ4v) is 5.87. The molecule has 0 spiro atoms. The van der Waals surface area contributed by atoms with Crippen LogP contribution in [0.25, 0.3) is 0 Å². The first-order valence-electron chi connectivity index (χ1n) is 11.8. The lowest BCUT2D eigenvalue weighted by Gasteiger charge is -2.32. The summed E-state index contributed by atoms with van der Waals surface area (Å²) < 4.78 is 53.5. The summed E-state index contributed by atoms with van der Waals surface area (Å²) in [7, 11) is -7.40. The summed E-state index contributed by atoms with van der Waals surface area (Å²) in [4.78, 5) is 14.9. The topological polar surface area (TPSA) is 136 Å². The zero-order chi connectivity index (χ0) is 26.5. The molecular formula is C25H32N4O5S2. The summed E-state index contributed by atoms with van der Waals surface area (Å²) in [5.74, 6) is -0.284. The average molecular weight is 533 g/mol. The number of carbonyl (C=O) groups is 1. The van der Waals surface area contributed by atoms with Crippen molar-refractivity contribution in [2.24, 2.45) is 0 Å². The van der Waals surface area contributed by atoms with Crippen LogP contribution in [0.3, 0.4) is 0 Å². The molecule has 0 aromatic heterocycles. The summed E-state index contributed by atoms with van der Waals surface area (Å²) in [6, 6.07) is 14.6. The molecule has 1 amide bonds. The van der Waals surface area contributed by atoms with E-state index in [1.165, 1.54) is 19.9 Å². The highest BCUT2D eigenvalue weighted by molar-refractivity contribution is 7.93. The van der Waals surface area contributed by atoms with Crippen LogP contribution in [0.4, 0.5) is 5.69 Å². The molecule has 0 unspecified atom stereocenters. The van der Waals surface area contributed by atoms with Crippen molar-refractivity contribution in [2.75, 3.05) is 30.1 Å². The predicted molar refractivity (Wildman–Crippen MR) is 140 cm³/mol. The summed E-state index contributed by atoms with van der Waals surface area (Å²) in [6.07, 6.45) is 1.60. The number of sulfonamides is 2. The van der Waals surface area contributed by atoms with E-state index in [1.54, 1.807) is 36.1 Å². The molecule has 2 N–H and O–H groups in total. The van der Waals surface area contributed by atoms with Gasteiger partial charge in [-0.05, 0) is 74.9 Å². The first-order chi connectivity index (χ1) is 16.9. The molecular weight excluding hydrogens is 500 g/mol. The van der Waals surface area contributed by atoms with Crippen molar-refractivity contribution in [1.82, 2.24) is 9.62 Å². The largest absolute Gasteiger partial charge is 0.339 e. The van der Waals surface area contributed by atoms with E-state index >= 15 is 0 Å². The second kappa shape index (κ2) is 11.4. The molecule has 0 bridgehead atoms. The van der Waals surface area contributed by atoms with Gasteiger partial charge in [0.1, 0.15) is 0 Å². The minimum Gasteiger partial charge on any atom is -0.339 e. The van der Waals surface area contributed by atoms with Crippen molar-refractivity contribution in [2.45, 2.75) is 44.8 Å². The molecule has 0 saturated carbocycles. The SMILES string of the molecule is Cc1ccc(C(=O)N2CCC(c3ccc(C#N)cc3)CC2)cc1NS(=O)(=O)CCNS(=O)(=O)C(C)C. The van der Waals surface area contributed by atoms with E-state index < -0.39 is 31.0 Å². The van der Waals surface area contributed by atoms with Crippen LogP contribution < -0.4 is 9.44 Å². The van der Waals surface area contributed by atoms with Crippen molar-refractivity contribution in [3.63, 3.8) is 0 Å². The van der Waals surface area contributed by atoms with Crippen LogP contribution in [0.1, 0.15) is 59.7 Å². The number of aryl methyl sites for hydroxylation is 1. The first-order valence-corrected chi connectivity index (χ1v) is 15.0. The zero-order valence-electron chi connectivity index (χ0n) is 20.7. The molecule has 194 valence electrons. The molecule has 1 aliphatic heterocycles. The van der Waals surface area contributed by atoms with Gasteiger partial charge in [0.25, 0.3) is 5.91 Å². The summed E-state index contributed by atoms with van der Waals surface area (Å²) >= 11 is 0. The maximum Gasteiger partial charge on any atom is 0.253 e. The lowest BCUT2D eigenvalue weighted by molar-refractivity contribution is 0.0713. The highest BCUT2D eigenvalue weighted by atomic mass is 32.2. The second-order valence-electron chi connectivity index (χ2n) is 9.24. The molecule has 0 radical (unpaired) electrons. The number of hydrogen-bond acceptors (Lipinski definition) is 6. The third kappa shape index (κ3) is 7.06. The molecule has 1 fully saturated rings. The lowest BCUT2D eigenvalue weighted by atomic mass is 9.89. The van der Waals surface area contributed by atoms with E-state index in [-0.39, 0.29) is 12.5 Å². The van der Waals surface area contributed by atoms with Gasteiger partial charge in [-0.25, -0.2) is 21.6 Å². The Labute approximate surface area is 213 Å². The fourth-order valence-electron chi connectivity index (χ4n) is 4.00. The Hall–Kier alpha value is -2.94. The van der Waals surface area contributed by atoms with Gasteiger partial charge in [0.05, 0.1) is 28.3 Å². The smallest absolute Gasteiger partial charge is 0.253 e. The number of carbonyl (C=O) groups excluding carboxylic acids is 1. The Morgan fingerprint density at radius 3 is 2.31 bits per heavy atom. The maximum atomic E-state index is 13.1. The Balaban J connectivity index is 1.62. The van der Waals surface area contributed by atoms with E-state index in [4.69, 9.17) is 5.26 Å². The third-order valence-corrected chi connectivity index (χ3v) is 9.46. The van der Waals surface area contributed by atoms with Gasteiger partial charge < -0.3 is 4.90 Å². The van der Waals surface area contributed by atoms with Crippen molar-refractivity contribution < 1.29 is 21.6 Å². The van der Waals surface area contributed by atoms with Gasteiger partial charge in [-0.15, -0.1) is 0 Å². The number of hydrogen-bond donors (Lipinski definition) is 2. The molecule has 36 heavy (non-hydrogen) atoms. The second-order valence-corrected chi connectivity index (χ2v) is 13.4. The number of likely N-dealkylation sites (tertiary alicyclic amines) is 1. The minimum absolute atomic E-state index is 0.168. The third-order valence-electron chi connectivity index (χ3n) is 6.34.